The van der Waals surface area contributed by atoms with Crippen molar-refractivity contribution in [3.8, 4) is 11.6 Å². The van der Waals surface area contributed by atoms with Crippen LogP contribution in [0.4, 0.5) is 0 Å². The molecule has 126 valence electrons. The maximum Gasteiger partial charge on any atom is 0.233 e. The third-order valence-electron chi connectivity index (χ3n) is 2.70. The minimum atomic E-state index is -0.587. The fourth-order valence-corrected chi connectivity index (χ4v) is 1.75. The van der Waals surface area contributed by atoms with Crippen LogP contribution in [0.3, 0.4) is 0 Å². The first kappa shape index (κ1) is 19.4. The number of hydrogen-bond acceptors (Lipinski definition) is 6. The molecular formula is C15H19Cl2N3O3. The topological polar surface area (TPSA) is 76.5 Å². The maximum atomic E-state index is 9.79. The van der Waals surface area contributed by atoms with Crippen molar-refractivity contribution in [3.05, 3.63) is 47.6 Å². The van der Waals surface area contributed by atoms with Gasteiger partial charge in [-0.3, -0.25) is 0 Å². The Kier molecular flexibility index (Phi) is 9.31. The summed E-state index contributed by atoms with van der Waals surface area (Å²) < 4.78 is 10.8. The number of halogens is 2. The molecule has 0 fully saturated rings. The monoisotopic (exact) mass is 359 g/mol. The average molecular weight is 360 g/mol. The van der Waals surface area contributed by atoms with Crippen molar-refractivity contribution in [1.82, 2.24) is 15.5 Å². The number of aliphatic hydroxyl groups is 1. The van der Waals surface area contributed by atoms with E-state index in [1.807, 2.05) is 30.3 Å². The van der Waals surface area contributed by atoms with Crippen LogP contribution in [0.15, 0.2) is 42.5 Å². The number of benzene rings is 1. The molecule has 0 saturated carbocycles. The summed E-state index contributed by atoms with van der Waals surface area (Å²) in [4.78, 5) is 0. The van der Waals surface area contributed by atoms with Crippen LogP contribution < -0.4 is 14.8 Å². The molecule has 2 rings (SSSR count). The summed E-state index contributed by atoms with van der Waals surface area (Å²) in [6.45, 7) is 1.65. The minimum absolute atomic E-state index is 0. The van der Waals surface area contributed by atoms with Crippen molar-refractivity contribution < 1.29 is 14.6 Å². The lowest BCUT2D eigenvalue weighted by molar-refractivity contribution is 0.105. The quantitative estimate of drug-likeness (QED) is 0.666. The average Bonchev–Trinajstić information content (AvgIpc) is 2.55. The third-order valence-corrected chi connectivity index (χ3v) is 2.90. The molecule has 0 radical (unpaired) electrons. The predicted molar refractivity (Wildman–Crippen MR) is 90.6 cm³/mol. The zero-order chi connectivity index (χ0) is 15.6. The molecule has 1 aromatic heterocycles. The molecule has 2 aromatic rings. The van der Waals surface area contributed by atoms with Crippen molar-refractivity contribution >= 4 is 24.0 Å². The molecule has 6 nitrogen and oxygen atoms in total. The van der Waals surface area contributed by atoms with E-state index >= 15 is 0 Å². The van der Waals surface area contributed by atoms with Crippen LogP contribution in [0.5, 0.6) is 11.6 Å². The lowest BCUT2D eigenvalue weighted by Gasteiger charge is -2.13. The second-order valence-corrected chi connectivity index (χ2v) is 4.91. The van der Waals surface area contributed by atoms with Gasteiger partial charge in [-0.1, -0.05) is 29.8 Å². The number of hydrogen-bond donors (Lipinski definition) is 2. The number of aromatic nitrogens is 2. The second kappa shape index (κ2) is 11.0. The van der Waals surface area contributed by atoms with Crippen molar-refractivity contribution in [2.75, 3.05) is 26.3 Å². The van der Waals surface area contributed by atoms with Gasteiger partial charge in [0.05, 0.1) is 0 Å². The Hall–Kier alpha value is -1.60. The van der Waals surface area contributed by atoms with Crippen LogP contribution >= 0.6 is 24.0 Å². The van der Waals surface area contributed by atoms with E-state index in [1.54, 1.807) is 12.1 Å². The zero-order valence-electron chi connectivity index (χ0n) is 12.4. The number of aliphatic hydroxyl groups excluding tert-OH is 1. The number of nitrogens with one attached hydrogen (secondary N) is 1. The molecule has 2 N–H and O–H groups in total. The van der Waals surface area contributed by atoms with Crippen LogP contribution in [-0.2, 0) is 0 Å². The van der Waals surface area contributed by atoms with Crippen LogP contribution in [0, 0.1) is 0 Å². The normalized spacial score (nSPS) is 11.4. The molecule has 0 aliphatic heterocycles. The maximum absolute atomic E-state index is 9.79. The summed E-state index contributed by atoms with van der Waals surface area (Å²) in [6.07, 6.45) is -0.587. The molecular weight excluding hydrogens is 341 g/mol. The molecule has 0 aliphatic rings. The van der Waals surface area contributed by atoms with Gasteiger partial charge in [0.2, 0.25) is 5.88 Å². The fourth-order valence-electron chi connectivity index (χ4n) is 1.65. The zero-order valence-corrected chi connectivity index (χ0v) is 14.0. The van der Waals surface area contributed by atoms with Gasteiger partial charge in [0.15, 0.2) is 5.15 Å². The molecule has 0 saturated heterocycles. The summed E-state index contributed by atoms with van der Waals surface area (Å²) in [5.41, 5.74) is 0. The van der Waals surface area contributed by atoms with E-state index in [2.05, 4.69) is 15.5 Å². The summed E-state index contributed by atoms with van der Waals surface area (Å²) in [5.74, 6) is 1.16. The van der Waals surface area contributed by atoms with E-state index in [4.69, 9.17) is 21.1 Å². The largest absolute Gasteiger partial charge is 0.491 e. The first-order valence-electron chi connectivity index (χ1n) is 6.92. The third kappa shape index (κ3) is 7.99. The van der Waals surface area contributed by atoms with E-state index in [1.165, 1.54) is 0 Å². The smallest absolute Gasteiger partial charge is 0.233 e. The van der Waals surface area contributed by atoms with Gasteiger partial charge in [-0.25, -0.2) is 0 Å². The van der Waals surface area contributed by atoms with Crippen LogP contribution in [0.25, 0.3) is 0 Å². The van der Waals surface area contributed by atoms with Crippen LogP contribution in [0.1, 0.15) is 0 Å². The highest BCUT2D eigenvalue weighted by molar-refractivity contribution is 6.29. The summed E-state index contributed by atoms with van der Waals surface area (Å²) in [7, 11) is 0. The van der Waals surface area contributed by atoms with Gasteiger partial charge < -0.3 is 19.9 Å². The van der Waals surface area contributed by atoms with Crippen molar-refractivity contribution in [3.63, 3.8) is 0 Å². The Morgan fingerprint density at radius 1 is 1.09 bits per heavy atom. The standard InChI is InChI=1S/C15H18ClN3O3.ClH/c16-14-6-7-15(19-18-14)21-9-8-17-10-12(20)11-22-13-4-2-1-3-5-13;/h1-7,12,17,20H,8-11H2;1H. The first-order chi connectivity index (χ1) is 10.7. The van der Waals surface area contributed by atoms with Gasteiger partial charge in [-0.15, -0.1) is 22.6 Å². The molecule has 0 spiro atoms. The van der Waals surface area contributed by atoms with E-state index < -0.39 is 6.10 Å². The summed E-state index contributed by atoms with van der Waals surface area (Å²) in [6, 6.07) is 12.6. The molecule has 1 atom stereocenters. The SMILES string of the molecule is Cl.OC(CNCCOc1ccc(Cl)nn1)COc1ccccc1. The molecule has 0 amide bonds. The Labute approximate surface area is 146 Å². The minimum Gasteiger partial charge on any atom is -0.491 e. The molecule has 8 heteroatoms. The van der Waals surface area contributed by atoms with Gasteiger partial charge in [0.1, 0.15) is 25.1 Å². The molecule has 23 heavy (non-hydrogen) atoms. The molecule has 1 heterocycles. The predicted octanol–water partition coefficient (Wildman–Crippen LogP) is 1.96. The van der Waals surface area contributed by atoms with E-state index in [9.17, 15) is 5.11 Å². The van der Waals surface area contributed by atoms with Gasteiger partial charge in [0.25, 0.3) is 0 Å². The first-order valence-corrected chi connectivity index (χ1v) is 7.30. The number of nitrogens with zero attached hydrogens (tertiary/aromatic N) is 2. The highest BCUT2D eigenvalue weighted by atomic mass is 35.5. The fraction of sp³-hybridized carbons (Fsp3) is 0.333. The summed E-state index contributed by atoms with van der Waals surface area (Å²) in [5, 5.41) is 20.6. The van der Waals surface area contributed by atoms with Gasteiger partial charge >= 0.3 is 0 Å². The van der Waals surface area contributed by atoms with Crippen molar-refractivity contribution in [2.24, 2.45) is 0 Å². The van der Waals surface area contributed by atoms with Crippen LogP contribution in [-0.4, -0.2) is 47.7 Å². The molecule has 1 aromatic carbocycles. The Morgan fingerprint density at radius 2 is 1.87 bits per heavy atom. The highest BCUT2D eigenvalue weighted by Gasteiger charge is 2.04. The number of rotatable bonds is 9. The Morgan fingerprint density at radius 3 is 2.57 bits per heavy atom. The van der Waals surface area contributed by atoms with Crippen molar-refractivity contribution in [2.45, 2.75) is 6.10 Å². The molecule has 0 bridgehead atoms. The van der Waals surface area contributed by atoms with E-state index in [-0.39, 0.29) is 19.0 Å². The van der Waals surface area contributed by atoms with Gasteiger partial charge in [0, 0.05) is 19.2 Å². The van der Waals surface area contributed by atoms with Gasteiger partial charge in [-0.05, 0) is 18.2 Å². The Bertz CT molecular complexity index is 543. The van der Waals surface area contributed by atoms with Crippen LogP contribution in [0.2, 0.25) is 5.15 Å². The number of para-hydroxylation sites is 1. The van der Waals surface area contributed by atoms with E-state index in [0.29, 0.717) is 30.7 Å². The lowest BCUT2D eigenvalue weighted by Crippen LogP contribution is -2.33. The highest BCUT2D eigenvalue weighted by Crippen LogP contribution is 2.08. The summed E-state index contributed by atoms with van der Waals surface area (Å²) >= 11 is 5.62. The Balaban J connectivity index is 0.00000264. The molecule has 0 aliphatic carbocycles. The second-order valence-electron chi connectivity index (χ2n) is 4.52. The lowest BCUT2D eigenvalue weighted by atomic mass is 10.3. The number of ether oxygens (including phenoxy) is 2. The van der Waals surface area contributed by atoms with E-state index in [0.717, 1.165) is 5.75 Å². The van der Waals surface area contributed by atoms with Crippen molar-refractivity contribution in [1.29, 1.82) is 0 Å². The molecule has 1 unspecified atom stereocenters. The van der Waals surface area contributed by atoms with Gasteiger partial charge in [-0.2, -0.15) is 0 Å².